The summed E-state index contributed by atoms with van der Waals surface area (Å²) in [6.45, 7) is 1.61. The molecule has 0 aromatic heterocycles. The molecule has 0 atom stereocenters. The molecule has 4 nitrogen and oxygen atoms in total. The van der Waals surface area contributed by atoms with Crippen LogP contribution in [0.3, 0.4) is 0 Å². The van der Waals surface area contributed by atoms with E-state index in [2.05, 4.69) is 0 Å². The lowest BCUT2D eigenvalue weighted by Crippen LogP contribution is -2.28. The summed E-state index contributed by atoms with van der Waals surface area (Å²) in [6, 6.07) is -1.04. The zero-order chi connectivity index (χ0) is 6.57. The third-order valence-electron chi connectivity index (χ3n) is 0.574. The molecule has 0 aliphatic heterocycles. The number of hydrogen-bond donors (Lipinski definition) is 1. The van der Waals surface area contributed by atoms with Gasteiger partial charge in [-0.05, 0) is 0 Å². The number of imide groups is 1. The molecule has 1 radical (unpaired) electrons. The molecule has 3 amide bonds. The Hall–Kier alpha value is -1.06. The summed E-state index contributed by atoms with van der Waals surface area (Å²) in [5.41, 5.74) is 6.24. The van der Waals surface area contributed by atoms with Crippen molar-refractivity contribution in [3.63, 3.8) is 0 Å². The van der Waals surface area contributed by atoms with Crippen molar-refractivity contribution in [1.29, 1.82) is 0 Å². The zero-order valence-electron chi connectivity index (χ0n) is 4.52. The highest BCUT2D eigenvalue weighted by Gasteiger charge is 1.97. The van der Waals surface area contributed by atoms with Crippen LogP contribution in [0, 0.1) is 0 Å². The second kappa shape index (κ2) is 3.01. The van der Waals surface area contributed by atoms with Crippen LogP contribution in [-0.4, -0.2) is 11.9 Å². The Kier molecular flexibility index (Phi) is 2.61. The maximum absolute atomic E-state index is 10.2. The lowest BCUT2D eigenvalue weighted by atomic mass is 10.5. The van der Waals surface area contributed by atoms with Gasteiger partial charge in [-0.2, -0.15) is 0 Å². The van der Waals surface area contributed by atoms with E-state index in [1.54, 1.807) is 12.2 Å². The number of amides is 3. The van der Waals surface area contributed by atoms with Gasteiger partial charge in [-0.3, -0.25) is 10.1 Å². The van der Waals surface area contributed by atoms with E-state index in [4.69, 9.17) is 5.73 Å². The van der Waals surface area contributed by atoms with Gasteiger partial charge in [0.15, 0.2) is 0 Å². The highest BCUT2D eigenvalue weighted by atomic mass is 16.2. The molecular formula is C4H7N2O2. The van der Waals surface area contributed by atoms with Crippen molar-refractivity contribution in [2.75, 3.05) is 0 Å². The Morgan fingerprint density at radius 3 is 2.25 bits per heavy atom. The van der Waals surface area contributed by atoms with Gasteiger partial charge in [0.25, 0.3) is 0 Å². The van der Waals surface area contributed by atoms with Gasteiger partial charge in [0, 0.05) is 6.42 Å². The number of nitrogens with one attached hydrogen (secondary N) is 2. The number of urea groups is 1. The molecule has 0 unspecified atom stereocenters. The third kappa shape index (κ3) is 3.14. The molecule has 0 aromatic carbocycles. The molecule has 0 aromatic rings. The Morgan fingerprint density at radius 1 is 1.62 bits per heavy atom. The van der Waals surface area contributed by atoms with Crippen LogP contribution >= 0.6 is 0 Å². The van der Waals surface area contributed by atoms with Gasteiger partial charge in [0.1, 0.15) is 0 Å². The van der Waals surface area contributed by atoms with Crippen LogP contribution in [0.4, 0.5) is 4.79 Å². The topological polar surface area (TPSA) is 70.0 Å². The fraction of sp³-hybridized carbons (Fsp3) is 0.500. The summed E-state index contributed by atoms with van der Waals surface area (Å²) in [4.78, 5) is 19.9. The lowest BCUT2D eigenvalue weighted by Gasteiger charge is -1.91. The first-order valence-corrected chi connectivity index (χ1v) is 2.22. The quantitative estimate of drug-likeness (QED) is 0.519. The fourth-order valence-electron chi connectivity index (χ4n) is 0.215. The highest BCUT2D eigenvalue weighted by Crippen LogP contribution is 1.72. The third-order valence-corrected chi connectivity index (χ3v) is 0.574. The molecule has 2 N–H and O–H groups in total. The van der Waals surface area contributed by atoms with E-state index in [9.17, 15) is 9.59 Å². The van der Waals surface area contributed by atoms with Gasteiger partial charge in [0.2, 0.25) is 5.91 Å². The minimum atomic E-state index is -1.04. The van der Waals surface area contributed by atoms with Crippen LogP contribution in [0.15, 0.2) is 0 Å². The number of carbonyl (C=O) groups is 2. The lowest BCUT2D eigenvalue weighted by molar-refractivity contribution is -0.119. The van der Waals surface area contributed by atoms with Gasteiger partial charge in [0.05, 0.1) is 0 Å². The summed E-state index contributed by atoms with van der Waals surface area (Å²) in [7, 11) is 0. The predicted octanol–water partition coefficient (Wildman–Crippen LogP) is -0.0845. The average Bonchev–Trinajstić information content (AvgIpc) is 1.65. The van der Waals surface area contributed by atoms with Crippen LogP contribution in [0.25, 0.3) is 0 Å². The molecule has 0 heterocycles. The highest BCUT2D eigenvalue weighted by molar-refractivity contribution is 5.92. The summed E-state index contributed by atoms with van der Waals surface area (Å²) in [5.74, 6) is -0.412. The molecule has 0 aliphatic rings. The maximum atomic E-state index is 10.2. The van der Waals surface area contributed by atoms with Crippen molar-refractivity contribution >= 4 is 11.9 Å². The van der Waals surface area contributed by atoms with Crippen LogP contribution in [-0.2, 0) is 4.79 Å². The maximum Gasteiger partial charge on any atom is 0.340 e. The van der Waals surface area contributed by atoms with Crippen LogP contribution in [0.1, 0.15) is 13.3 Å². The Labute approximate surface area is 47.0 Å². The molecule has 8 heavy (non-hydrogen) atoms. The molecule has 0 spiro atoms. The van der Waals surface area contributed by atoms with E-state index >= 15 is 0 Å². The van der Waals surface area contributed by atoms with E-state index in [-0.39, 0.29) is 6.42 Å². The smallest absolute Gasteiger partial charge is 0.277 e. The van der Waals surface area contributed by atoms with Crippen molar-refractivity contribution in [3.05, 3.63) is 0 Å². The van der Waals surface area contributed by atoms with Gasteiger partial charge >= 0.3 is 6.03 Å². The molecule has 0 saturated heterocycles. The number of rotatable bonds is 1. The molecule has 0 fully saturated rings. The normalized spacial score (nSPS) is 8.12. The van der Waals surface area contributed by atoms with Crippen LogP contribution < -0.4 is 11.1 Å². The largest absolute Gasteiger partial charge is 0.340 e. The van der Waals surface area contributed by atoms with Crippen molar-refractivity contribution < 1.29 is 9.59 Å². The molecule has 0 bridgehead atoms. The Morgan fingerprint density at radius 2 is 2.12 bits per heavy atom. The average molecular weight is 115 g/mol. The van der Waals surface area contributed by atoms with Gasteiger partial charge in [-0.25, -0.2) is 10.5 Å². The minimum absolute atomic E-state index is 0.241. The summed E-state index contributed by atoms with van der Waals surface area (Å²) in [5, 5.41) is 1.78. The molecule has 45 valence electrons. The van der Waals surface area contributed by atoms with Crippen LogP contribution in [0.2, 0.25) is 0 Å². The minimum Gasteiger partial charge on any atom is -0.277 e. The van der Waals surface area contributed by atoms with Gasteiger partial charge < -0.3 is 0 Å². The predicted molar refractivity (Wildman–Crippen MR) is 26.9 cm³/mol. The molecule has 4 heteroatoms. The number of carbonyl (C=O) groups excluding carboxylic acids is 2. The van der Waals surface area contributed by atoms with Crippen molar-refractivity contribution in [3.8, 4) is 0 Å². The molecule has 0 saturated carbocycles. The van der Waals surface area contributed by atoms with Crippen molar-refractivity contribution in [2.45, 2.75) is 13.3 Å². The first-order valence-electron chi connectivity index (χ1n) is 2.22. The van der Waals surface area contributed by atoms with E-state index in [0.717, 1.165) is 0 Å². The fourth-order valence-corrected chi connectivity index (χ4v) is 0.215. The Balaban J connectivity index is 3.40. The molecule has 0 rings (SSSR count). The van der Waals surface area contributed by atoms with Gasteiger partial charge in [-0.15, -0.1) is 0 Å². The summed E-state index contributed by atoms with van der Waals surface area (Å²) in [6.07, 6.45) is 0.241. The Bertz CT molecular complexity index is 111. The van der Waals surface area contributed by atoms with Gasteiger partial charge in [-0.1, -0.05) is 6.92 Å². The van der Waals surface area contributed by atoms with E-state index < -0.39 is 11.9 Å². The standard InChI is InChI=1S/C4H7N2O2/c1-2-3(7)6-4(5)8/h5H,2H2,1H3,(H,6,7,8). The second-order valence-electron chi connectivity index (χ2n) is 1.23. The van der Waals surface area contributed by atoms with E-state index in [1.807, 2.05) is 0 Å². The molecular weight excluding hydrogens is 108 g/mol. The SMILES string of the molecule is CCC(=O)NC([NH])=O. The number of hydrogen-bond acceptors (Lipinski definition) is 2. The second-order valence-corrected chi connectivity index (χ2v) is 1.23. The van der Waals surface area contributed by atoms with Crippen molar-refractivity contribution in [1.82, 2.24) is 11.1 Å². The first kappa shape index (κ1) is 6.94. The first-order chi connectivity index (χ1) is 3.66. The summed E-state index contributed by atoms with van der Waals surface area (Å²) < 4.78 is 0. The van der Waals surface area contributed by atoms with E-state index in [0.29, 0.717) is 0 Å². The zero-order valence-corrected chi connectivity index (χ0v) is 4.52. The van der Waals surface area contributed by atoms with Crippen molar-refractivity contribution in [2.24, 2.45) is 0 Å². The monoisotopic (exact) mass is 115 g/mol. The molecule has 0 aliphatic carbocycles. The van der Waals surface area contributed by atoms with Crippen LogP contribution in [0.5, 0.6) is 0 Å². The van der Waals surface area contributed by atoms with E-state index in [1.165, 1.54) is 0 Å². The summed E-state index contributed by atoms with van der Waals surface area (Å²) >= 11 is 0.